The molecule has 2 heterocycles. The van der Waals surface area contributed by atoms with Gasteiger partial charge in [-0.15, -0.1) is 0 Å². The molecule has 0 aromatic heterocycles. The number of nitriles is 1. The van der Waals surface area contributed by atoms with Gasteiger partial charge in [0, 0.05) is 18.8 Å². The van der Waals surface area contributed by atoms with Crippen LogP contribution in [-0.2, 0) is 9.53 Å². The van der Waals surface area contributed by atoms with Gasteiger partial charge in [0.2, 0.25) is 5.91 Å². The number of carbonyl (C=O) groups excluding carboxylic acids is 1. The highest BCUT2D eigenvalue weighted by molar-refractivity contribution is 6.30. The molecule has 1 aromatic carbocycles. The summed E-state index contributed by atoms with van der Waals surface area (Å²) in [6.45, 7) is 1.88. The zero-order valence-corrected chi connectivity index (χ0v) is 12.6. The number of nitrogens with zero attached hydrogens (tertiary/aromatic N) is 3. The summed E-state index contributed by atoms with van der Waals surface area (Å²) in [7, 11) is 0. The van der Waals surface area contributed by atoms with E-state index in [1.165, 1.54) is 12.1 Å². The van der Waals surface area contributed by atoms with Crippen molar-refractivity contribution in [1.29, 1.82) is 5.26 Å². The van der Waals surface area contributed by atoms with Gasteiger partial charge in [0.25, 0.3) is 0 Å². The maximum absolute atomic E-state index is 13.6. The van der Waals surface area contributed by atoms with Crippen molar-refractivity contribution in [2.24, 2.45) is 0 Å². The first kappa shape index (κ1) is 15.2. The van der Waals surface area contributed by atoms with Gasteiger partial charge in [-0.1, -0.05) is 11.6 Å². The molecule has 2 fully saturated rings. The summed E-state index contributed by atoms with van der Waals surface area (Å²) in [4.78, 5) is 16.1. The number of morpholine rings is 1. The Morgan fingerprint density at radius 3 is 2.95 bits per heavy atom. The Balaban J connectivity index is 1.79. The first-order chi connectivity index (χ1) is 10.6. The lowest BCUT2D eigenvalue weighted by atomic mass is 10.1. The Labute approximate surface area is 132 Å². The normalized spacial score (nSPS) is 26.2. The number of hydrogen-bond acceptors (Lipinski definition) is 4. The Bertz CT molecular complexity index is 634. The maximum atomic E-state index is 13.6. The molecule has 0 unspecified atom stereocenters. The van der Waals surface area contributed by atoms with Crippen molar-refractivity contribution in [3.63, 3.8) is 0 Å². The van der Waals surface area contributed by atoms with Crippen LogP contribution in [0.1, 0.15) is 6.42 Å². The smallest absolute Gasteiger partial charge is 0.244 e. The molecule has 116 valence electrons. The van der Waals surface area contributed by atoms with E-state index >= 15 is 0 Å². The first-order valence-electron chi connectivity index (χ1n) is 7.11. The molecule has 1 amide bonds. The first-order valence-corrected chi connectivity index (χ1v) is 7.49. The number of benzene rings is 1. The van der Waals surface area contributed by atoms with Crippen LogP contribution in [-0.4, -0.2) is 49.2 Å². The monoisotopic (exact) mass is 323 g/mol. The average molecular weight is 324 g/mol. The van der Waals surface area contributed by atoms with E-state index in [0.717, 1.165) is 0 Å². The zero-order chi connectivity index (χ0) is 15.7. The van der Waals surface area contributed by atoms with Crippen molar-refractivity contribution in [3.8, 4) is 6.07 Å². The minimum Gasteiger partial charge on any atom is -0.377 e. The second-order valence-electron chi connectivity index (χ2n) is 5.35. The van der Waals surface area contributed by atoms with Gasteiger partial charge in [-0.3, -0.25) is 9.69 Å². The van der Waals surface area contributed by atoms with Crippen molar-refractivity contribution in [2.75, 3.05) is 31.2 Å². The Kier molecular flexibility index (Phi) is 4.30. The molecule has 7 heteroatoms. The SMILES string of the molecule is N#C[C@@H]1COCCN1[C@@H]1CCN(c2ccc(Cl)c(F)c2)C1=O. The van der Waals surface area contributed by atoms with Crippen LogP contribution in [0.15, 0.2) is 18.2 Å². The highest BCUT2D eigenvalue weighted by atomic mass is 35.5. The van der Waals surface area contributed by atoms with E-state index in [9.17, 15) is 14.4 Å². The molecule has 5 nitrogen and oxygen atoms in total. The minimum absolute atomic E-state index is 0.0321. The fourth-order valence-electron chi connectivity index (χ4n) is 2.98. The molecule has 3 rings (SSSR count). The van der Waals surface area contributed by atoms with Crippen molar-refractivity contribution >= 4 is 23.2 Å². The predicted octanol–water partition coefficient (Wildman–Crippen LogP) is 1.81. The van der Waals surface area contributed by atoms with Crippen molar-refractivity contribution < 1.29 is 13.9 Å². The molecule has 22 heavy (non-hydrogen) atoms. The number of ether oxygens (including phenoxy) is 1. The highest BCUT2D eigenvalue weighted by Gasteiger charge is 2.40. The number of carbonyl (C=O) groups is 1. The summed E-state index contributed by atoms with van der Waals surface area (Å²) in [5.41, 5.74) is 0.496. The molecule has 0 spiro atoms. The van der Waals surface area contributed by atoms with E-state index in [-0.39, 0.29) is 17.0 Å². The summed E-state index contributed by atoms with van der Waals surface area (Å²) in [5, 5.41) is 9.23. The number of halogens is 2. The molecule has 0 saturated carbocycles. The number of amides is 1. The van der Waals surface area contributed by atoms with Crippen LogP contribution in [0.5, 0.6) is 0 Å². The predicted molar refractivity (Wildman–Crippen MR) is 79.1 cm³/mol. The summed E-state index contributed by atoms with van der Waals surface area (Å²) in [5.74, 6) is -0.652. The number of hydrogen-bond donors (Lipinski definition) is 0. The standard InChI is InChI=1S/C15H15ClFN3O2/c16-12-2-1-10(7-13(12)17)20-4-3-14(15(20)21)19-5-6-22-9-11(19)8-18/h1-2,7,11,14H,3-6,9H2/t11-,14-/m1/s1. The molecule has 2 saturated heterocycles. The molecule has 2 aliphatic heterocycles. The van der Waals surface area contributed by atoms with E-state index in [0.29, 0.717) is 38.4 Å². The lowest BCUT2D eigenvalue weighted by Gasteiger charge is -2.34. The summed E-state index contributed by atoms with van der Waals surface area (Å²) < 4.78 is 18.9. The molecular formula is C15H15ClFN3O2. The van der Waals surface area contributed by atoms with Crippen LogP contribution in [0.4, 0.5) is 10.1 Å². The third-order valence-electron chi connectivity index (χ3n) is 4.11. The molecule has 0 N–H and O–H groups in total. The van der Waals surface area contributed by atoms with E-state index in [4.69, 9.17) is 16.3 Å². The molecule has 0 bridgehead atoms. The Morgan fingerprint density at radius 2 is 2.23 bits per heavy atom. The second-order valence-corrected chi connectivity index (χ2v) is 5.76. The van der Waals surface area contributed by atoms with Gasteiger partial charge in [-0.05, 0) is 24.6 Å². The molecule has 0 aliphatic carbocycles. The zero-order valence-electron chi connectivity index (χ0n) is 11.8. The van der Waals surface area contributed by atoms with Gasteiger partial charge in [-0.25, -0.2) is 4.39 Å². The quantitative estimate of drug-likeness (QED) is 0.833. The second kappa shape index (κ2) is 6.21. The lowest BCUT2D eigenvalue weighted by molar-refractivity contribution is -0.124. The van der Waals surface area contributed by atoms with E-state index in [1.54, 1.807) is 11.0 Å². The van der Waals surface area contributed by atoms with Gasteiger partial charge in [0.1, 0.15) is 11.9 Å². The van der Waals surface area contributed by atoms with E-state index in [1.807, 2.05) is 4.90 Å². The minimum atomic E-state index is -0.545. The molecule has 2 atom stereocenters. The van der Waals surface area contributed by atoms with Crippen LogP contribution in [0.3, 0.4) is 0 Å². The summed E-state index contributed by atoms with van der Waals surface area (Å²) in [6.07, 6.45) is 0.612. The van der Waals surface area contributed by atoms with Crippen LogP contribution >= 0.6 is 11.6 Å². The van der Waals surface area contributed by atoms with Crippen LogP contribution in [0.25, 0.3) is 0 Å². The van der Waals surface area contributed by atoms with Gasteiger partial charge in [0.05, 0.1) is 30.3 Å². The average Bonchev–Trinajstić information content (AvgIpc) is 2.91. The maximum Gasteiger partial charge on any atom is 0.244 e. The van der Waals surface area contributed by atoms with Crippen LogP contribution in [0.2, 0.25) is 5.02 Å². The van der Waals surface area contributed by atoms with Crippen molar-refractivity contribution in [2.45, 2.75) is 18.5 Å². The van der Waals surface area contributed by atoms with Crippen LogP contribution < -0.4 is 4.90 Å². The Morgan fingerprint density at radius 1 is 1.41 bits per heavy atom. The van der Waals surface area contributed by atoms with Gasteiger partial charge < -0.3 is 9.64 Å². The topological polar surface area (TPSA) is 56.6 Å². The number of rotatable bonds is 2. The lowest BCUT2D eigenvalue weighted by Crippen LogP contribution is -2.52. The molecule has 1 aromatic rings. The fourth-order valence-corrected chi connectivity index (χ4v) is 3.10. The van der Waals surface area contributed by atoms with Crippen molar-refractivity contribution in [1.82, 2.24) is 4.90 Å². The number of anilines is 1. The van der Waals surface area contributed by atoms with Gasteiger partial charge >= 0.3 is 0 Å². The summed E-state index contributed by atoms with van der Waals surface area (Å²) >= 11 is 5.68. The third-order valence-corrected chi connectivity index (χ3v) is 4.42. The Hall–Kier alpha value is -1.68. The molecule has 0 radical (unpaired) electrons. The molecular weight excluding hydrogens is 309 g/mol. The fraction of sp³-hybridized carbons (Fsp3) is 0.467. The highest BCUT2D eigenvalue weighted by Crippen LogP contribution is 2.28. The largest absolute Gasteiger partial charge is 0.377 e. The van der Waals surface area contributed by atoms with Crippen LogP contribution in [0, 0.1) is 17.1 Å². The van der Waals surface area contributed by atoms with Gasteiger partial charge in [-0.2, -0.15) is 5.26 Å². The molecule has 2 aliphatic rings. The third kappa shape index (κ3) is 2.68. The summed E-state index contributed by atoms with van der Waals surface area (Å²) in [6, 6.07) is 5.75. The van der Waals surface area contributed by atoms with E-state index < -0.39 is 11.9 Å². The van der Waals surface area contributed by atoms with Crippen molar-refractivity contribution in [3.05, 3.63) is 29.0 Å². The van der Waals surface area contributed by atoms with Gasteiger partial charge in [0.15, 0.2) is 0 Å². The van der Waals surface area contributed by atoms with E-state index in [2.05, 4.69) is 6.07 Å².